The number of fused-ring (bicyclic) bond motifs is 1. The van der Waals surface area contributed by atoms with Crippen LogP contribution in [0, 0.1) is 6.92 Å². The number of esters is 1. The summed E-state index contributed by atoms with van der Waals surface area (Å²) in [4.78, 5) is 18.5. The average molecular weight is 276 g/mol. The van der Waals surface area contributed by atoms with Gasteiger partial charge in [-0.25, -0.2) is 9.78 Å². The standard InChI is InChI=1S/C14H20N4O2/c1-5-18(6-2)13-11-9(4)16-17-12(11)10(8-15-13)14(19)20-7-3/h8H,5-7H2,1-4H3,(H,16,17). The van der Waals surface area contributed by atoms with Gasteiger partial charge in [0.2, 0.25) is 0 Å². The molecule has 6 nitrogen and oxygen atoms in total. The van der Waals surface area contributed by atoms with Crippen molar-refractivity contribution in [1.82, 2.24) is 15.2 Å². The van der Waals surface area contributed by atoms with Crippen LogP contribution in [0.25, 0.3) is 10.9 Å². The Hall–Kier alpha value is -2.11. The Labute approximate surface area is 118 Å². The van der Waals surface area contributed by atoms with Crippen molar-refractivity contribution in [2.45, 2.75) is 27.7 Å². The van der Waals surface area contributed by atoms with E-state index in [4.69, 9.17) is 4.74 Å². The molecule has 0 amide bonds. The first kappa shape index (κ1) is 14.3. The molecule has 0 unspecified atom stereocenters. The number of hydrogen-bond donors (Lipinski definition) is 1. The third kappa shape index (κ3) is 2.33. The summed E-state index contributed by atoms with van der Waals surface area (Å²) < 4.78 is 5.05. The number of anilines is 1. The summed E-state index contributed by atoms with van der Waals surface area (Å²) in [7, 11) is 0. The maximum absolute atomic E-state index is 12.0. The molecule has 0 atom stereocenters. The minimum atomic E-state index is -0.386. The predicted molar refractivity (Wildman–Crippen MR) is 78.1 cm³/mol. The molecule has 0 spiro atoms. The van der Waals surface area contributed by atoms with E-state index in [1.54, 1.807) is 13.1 Å². The van der Waals surface area contributed by atoms with Gasteiger partial charge in [0.05, 0.1) is 12.0 Å². The van der Waals surface area contributed by atoms with Crippen LogP contribution >= 0.6 is 0 Å². The third-order valence-corrected chi connectivity index (χ3v) is 3.30. The summed E-state index contributed by atoms with van der Waals surface area (Å²) in [5.74, 6) is 0.465. The van der Waals surface area contributed by atoms with Crippen LogP contribution < -0.4 is 4.90 Å². The van der Waals surface area contributed by atoms with E-state index in [2.05, 4.69) is 33.9 Å². The van der Waals surface area contributed by atoms with Crippen molar-refractivity contribution in [2.75, 3.05) is 24.6 Å². The van der Waals surface area contributed by atoms with Gasteiger partial charge < -0.3 is 9.64 Å². The zero-order valence-corrected chi connectivity index (χ0v) is 12.4. The SMILES string of the molecule is CCOC(=O)c1cnc(N(CC)CC)c2c(C)[nH]nc12. The summed E-state index contributed by atoms with van der Waals surface area (Å²) in [5.41, 5.74) is 1.93. The van der Waals surface area contributed by atoms with E-state index in [0.29, 0.717) is 17.7 Å². The number of aromatic amines is 1. The monoisotopic (exact) mass is 276 g/mol. The van der Waals surface area contributed by atoms with Crippen LogP contribution in [-0.4, -0.2) is 40.8 Å². The number of hydrogen-bond acceptors (Lipinski definition) is 5. The predicted octanol–water partition coefficient (Wildman–Crippen LogP) is 2.29. The molecule has 2 rings (SSSR count). The molecule has 0 radical (unpaired) electrons. The second-order valence-corrected chi connectivity index (χ2v) is 4.46. The van der Waals surface area contributed by atoms with Gasteiger partial charge in [-0.1, -0.05) is 0 Å². The Bertz CT molecular complexity index is 617. The van der Waals surface area contributed by atoms with E-state index in [1.807, 2.05) is 6.92 Å². The molecule has 1 N–H and O–H groups in total. The first-order valence-electron chi connectivity index (χ1n) is 6.89. The van der Waals surface area contributed by atoms with Gasteiger partial charge in [-0.15, -0.1) is 0 Å². The van der Waals surface area contributed by atoms with E-state index in [0.717, 1.165) is 30.0 Å². The molecule has 0 aliphatic rings. The summed E-state index contributed by atoms with van der Waals surface area (Å²) in [6.45, 7) is 9.89. The Morgan fingerprint density at radius 3 is 2.65 bits per heavy atom. The Balaban J connectivity index is 2.62. The molecule has 2 aromatic rings. The van der Waals surface area contributed by atoms with Gasteiger partial charge in [-0.2, -0.15) is 5.10 Å². The number of rotatable bonds is 5. The Morgan fingerprint density at radius 2 is 2.05 bits per heavy atom. The van der Waals surface area contributed by atoms with Crippen LogP contribution in [0.3, 0.4) is 0 Å². The Morgan fingerprint density at radius 1 is 1.35 bits per heavy atom. The van der Waals surface area contributed by atoms with Gasteiger partial charge in [0, 0.05) is 25.0 Å². The molecule has 2 heterocycles. The molecule has 0 aliphatic heterocycles. The number of ether oxygens (including phenoxy) is 1. The smallest absolute Gasteiger partial charge is 0.342 e. The zero-order chi connectivity index (χ0) is 14.7. The molecule has 0 fully saturated rings. The molecule has 0 aliphatic carbocycles. The summed E-state index contributed by atoms with van der Waals surface area (Å²) in [6.07, 6.45) is 1.55. The number of nitrogens with zero attached hydrogens (tertiary/aromatic N) is 3. The third-order valence-electron chi connectivity index (χ3n) is 3.30. The van der Waals surface area contributed by atoms with Crippen molar-refractivity contribution in [3.63, 3.8) is 0 Å². The van der Waals surface area contributed by atoms with Crippen LogP contribution in [0.4, 0.5) is 5.82 Å². The molecule has 20 heavy (non-hydrogen) atoms. The maximum atomic E-state index is 12.0. The highest BCUT2D eigenvalue weighted by molar-refractivity contribution is 6.06. The highest BCUT2D eigenvalue weighted by Gasteiger charge is 2.20. The fraction of sp³-hybridized carbons (Fsp3) is 0.500. The molecular weight excluding hydrogens is 256 g/mol. The fourth-order valence-corrected chi connectivity index (χ4v) is 2.27. The lowest BCUT2D eigenvalue weighted by atomic mass is 10.1. The summed E-state index contributed by atoms with van der Waals surface area (Å²) in [5, 5.41) is 8.06. The van der Waals surface area contributed by atoms with Crippen LogP contribution in [-0.2, 0) is 4.74 Å². The molecular formula is C14H20N4O2. The molecule has 6 heteroatoms. The lowest BCUT2D eigenvalue weighted by molar-refractivity contribution is 0.0528. The van der Waals surface area contributed by atoms with Gasteiger partial charge in [0.15, 0.2) is 0 Å². The van der Waals surface area contributed by atoms with E-state index in [1.165, 1.54) is 0 Å². The lowest BCUT2D eigenvalue weighted by Crippen LogP contribution is -2.23. The number of aromatic nitrogens is 3. The van der Waals surface area contributed by atoms with E-state index in [-0.39, 0.29) is 5.97 Å². The number of carbonyl (C=O) groups excluding carboxylic acids is 1. The van der Waals surface area contributed by atoms with Gasteiger partial charge >= 0.3 is 5.97 Å². The van der Waals surface area contributed by atoms with Gasteiger partial charge in [-0.05, 0) is 27.7 Å². The van der Waals surface area contributed by atoms with Gasteiger partial charge in [-0.3, -0.25) is 5.10 Å². The number of carbonyl (C=O) groups is 1. The molecule has 0 saturated heterocycles. The Kier molecular flexibility index (Phi) is 4.22. The van der Waals surface area contributed by atoms with Crippen molar-refractivity contribution in [3.8, 4) is 0 Å². The summed E-state index contributed by atoms with van der Waals surface area (Å²) >= 11 is 0. The van der Waals surface area contributed by atoms with E-state index < -0.39 is 0 Å². The van der Waals surface area contributed by atoms with Gasteiger partial charge in [0.25, 0.3) is 0 Å². The van der Waals surface area contributed by atoms with Crippen molar-refractivity contribution in [3.05, 3.63) is 17.5 Å². The van der Waals surface area contributed by atoms with Crippen molar-refractivity contribution in [2.24, 2.45) is 0 Å². The number of pyridine rings is 1. The van der Waals surface area contributed by atoms with Crippen LogP contribution in [0.5, 0.6) is 0 Å². The highest BCUT2D eigenvalue weighted by Crippen LogP contribution is 2.28. The largest absolute Gasteiger partial charge is 0.462 e. The quantitative estimate of drug-likeness (QED) is 0.848. The van der Waals surface area contributed by atoms with Crippen LogP contribution in [0.1, 0.15) is 36.8 Å². The van der Waals surface area contributed by atoms with Crippen molar-refractivity contribution < 1.29 is 9.53 Å². The van der Waals surface area contributed by atoms with Gasteiger partial charge in [0.1, 0.15) is 16.9 Å². The fourth-order valence-electron chi connectivity index (χ4n) is 2.27. The minimum absolute atomic E-state index is 0.335. The average Bonchev–Trinajstić information content (AvgIpc) is 2.83. The second-order valence-electron chi connectivity index (χ2n) is 4.46. The highest BCUT2D eigenvalue weighted by atomic mass is 16.5. The number of aryl methyl sites for hydroxylation is 1. The minimum Gasteiger partial charge on any atom is -0.462 e. The summed E-state index contributed by atoms with van der Waals surface area (Å²) in [6, 6.07) is 0. The second kappa shape index (κ2) is 5.90. The molecule has 0 bridgehead atoms. The zero-order valence-electron chi connectivity index (χ0n) is 12.4. The van der Waals surface area contributed by atoms with E-state index >= 15 is 0 Å². The number of H-pyrrole nitrogens is 1. The van der Waals surface area contributed by atoms with Crippen LogP contribution in [0.15, 0.2) is 6.20 Å². The molecule has 0 saturated carbocycles. The van der Waals surface area contributed by atoms with E-state index in [9.17, 15) is 4.79 Å². The topological polar surface area (TPSA) is 71.1 Å². The van der Waals surface area contributed by atoms with Crippen LogP contribution in [0.2, 0.25) is 0 Å². The number of nitrogens with one attached hydrogen (secondary N) is 1. The molecule has 2 aromatic heterocycles. The molecule has 108 valence electrons. The maximum Gasteiger partial charge on any atom is 0.342 e. The first-order valence-corrected chi connectivity index (χ1v) is 6.89. The first-order chi connectivity index (χ1) is 9.63. The normalized spacial score (nSPS) is 10.8. The molecule has 0 aromatic carbocycles. The lowest BCUT2D eigenvalue weighted by Gasteiger charge is -2.21. The van der Waals surface area contributed by atoms with Crippen molar-refractivity contribution >= 4 is 22.7 Å². The van der Waals surface area contributed by atoms with Crippen molar-refractivity contribution in [1.29, 1.82) is 0 Å².